The SMILES string of the molecule is CC(C)(N)C(=O)Nc1ccc2c(c1)CCCC(=O)N2.Cl. The number of rotatable bonds is 2. The normalized spacial score (nSPS) is 14.4. The van der Waals surface area contributed by atoms with Gasteiger partial charge in [-0.05, 0) is 50.5 Å². The quantitative estimate of drug-likeness (QED) is 0.781. The van der Waals surface area contributed by atoms with Crippen LogP contribution in [-0.2, 0) is 16.0 Å². The smallest absolute Gasteiger partial charge is 0.243 e. The standard InChI is InChI=1S/C14H19N3O2.ClH/c1-14(2,15)13(19)16-10-6-7-11-9(8-10)4-3-5-12(18)17-11;/h6-8H,3-5,15H2,1-2H3,(H,16,19)(H,17,18);1H. The Bertz CT molecular complexity index is 524. The van der Waals surface area contributed by atoms with E-state index in [1.807, 2.05) is 12.1 Å². The summed E-state index contributed by atoms with van der Waals surface area (Å²) in [6.45, 7) is 3.32. The summed E-state index contributed by atoms with van der Waals surface area (Å²) in [5, 5.41) is 5.64. The molecule has 1 aromatic carbocycles. The number of halogens is 1. The van der Waals surface area contributed by atoms with Crippen molar-refractivity contribution in [2.24, 2.45) is 5.73 Å². The summed E-state index contributed by atoms with van der Waals surface area (Å²) < 4.78 is 0. The number of nitrogens with one attached hydrogen (secondary N) is 2. The molecule has 0 unspecified atom stereocenters. The molecule has 5 nitrogen and oxygen atoms in total. The van der Waals surface area contributed by atoms with Crippen LogP contribution in [0.25, 0.3) is 0 Å². The van der Waals surface area contributed by atoms with Gasteiger partial charge in [0.15, 0.2) is 0 Å². The number of benzene rings is 1. The van der Waals surface area contributed by atoms with Crippen molar-refractivity contribution in [3.05, 3.63) is 23.8 Å². The summed E-state index contributed by atoms with van der Waals surface area (Å²) in [5.41, 5.74) is 7.40. The van der Waals surface area contributed by atoms with Crippen molar-refractivity contribution >= 4 is 35.6 Å². The molecule has 0 spiro atoms. The fourth-order valence-corrected chi connectivity index (χ4v) is 1.94. The van der Waals surface area contributed by atoms with E-state index < -0.39 is 5.54 Å². The zero-order valence-corrected chi connectivity index (χ0v) is 12.5. The average molecular weight is 298 g/mol. The molecule has 0 atom stereocenters. The molecule has 1 heterocycles. The van der Waals surface area contributed by atoms with Crippen LogP contribution in [0.5, 0.6) is 0 Å². The minimum Gasteiger partial charge on any atom is -0.326 e. The molecule has 4 N–H and O–H groups in total. The van der Waals surface area contributed by atoms with Crippen molar-refractivity contribution in [3.8, 4) is 0 Å². The number of amides is 2. The zero-order chi connectivity index (χ0) is 14.0. The number of hydrogen-bond donors (Lipinski definition) is 3. The monoisotopic (exact) mass is 297 g/mol. The molecule has 110 valence electrons. The molecular weight excluding hydrogens is 278 g/mol. The fraction of sp³-hybridized carbons (Fsp3) is 0.429. The highest BCUT2D eigenvalue weighted by Crippen LogP contribution is 2.25. The lowest BCUT2D eigenvalue weighted by Gasteiger charge is -2.18. The first-order valence-corrected chi connectivity index (χ1v) is 6.39. The zero-order valence-electron chi connectivity index (χ0n) is 11.7. The summed E-state index contributed by atoms with van der Waals surface area (Å²) in [6, 6.07) is 5.48. The van der Waals surface area contributed by atoms with Gasteiger partial charge in [0, 0.05) is 17.8 Å². The third-order valence-corrected chi connectivity index (χ3v) is 3.07. The summed E-state index contributed by atoms with van der Waals surface area (Å²) in [6.07, 6.45) is 2.18. The molecule has 0 radical (unpaired) electrons. The molecular formula is C14H20ClN3O2. The molecule has 0 saturated carbocycles. The molecule has 2 amide bonds. The highest BCUT2D eigenvalue weighted by molar-refractivity contribution is 5.98. The van der Waals surface area contributed by atoms with Gasteiger partial charge in [-0.2, -0.15) is 0 Å². The van der Waals surface area contributed by atoms with Crippen LogP contribution in [0.1, 0.15) is 32.3 Å². The minimum absolute atomic E-state index is 0. The van der Waals surface area contributed by atoms with Gasteiger partial charge in [0.2, 0.25) is 11.8 Å². The van der Waals surface area contributed by atoms with E-state index in [1.165, 1.54) is 0 Å². The van der Waals surface area contributed by atoms with Crippen LogP contribution in [0.15, 0.2) is 18.2 Å². The van der Waals surface area contributed by atoms with E-state index in [-0.39, 0.29) is 24.2 Å². The second kappa shape index (κ2) is 6.24. The molecule has 0 aromatic heterocycles. The Morgan fingerprint density at radius 2 is 2.05 bits per heavy atom. The van der Waals surface area contributed by atoms with Gasteiger partial charge < -0.3 is 16.4 Å². The van der Waals surface area contributed by atoms with E-state index in [9.17, 15) is 9.59 Å². The molecule has 0 saturated heterocycles. The number of aryl methyl sites for hydroxylation is 1. The first-order chi connectivity index (χ1) is 8.86. The van der Waals surface area contributed by atoms with Crippen molar-refractivity contribution in [3.63, 3.8) is 0 Å². The Kier molecular flexibility index (Phi) is 5.14. The molecule has 20 heavy (non-hydrogen) atoms. The molecule has 0 fully saturated rings. The van der Waals surface area contributed by atoms with E-state index in [0.717, 1.165) is 24.1 Å². The molecule has 0 aliphatic carbocycles. The van der Waals surface area contributed by atoms with Gasteiger partial charge in [-0.15, -0.1) is 12.4 Å². The van der Waals surface area contributed by atoms with Crippen LogP contribution in [0.3, 0.4) is 0 Å². The molecule has 0 bridgehead atoms. The Balaban J connectivity index is 0.00000200. The number of hydrogen-bond acceptors (Lipinski definition) is 3. The molecule has 2 rings (SSSR count). The summed E-state index contributed by atoms with van der Waals surface area (Å²) in [4.78, 5) is 23.3. The first-order valence-electron chi connectivity index (χ1n) is 6.39. The van der Waals surface area contributed by atoms with E-state index in [2.05, 4.69) is 10.6 Å². The number of nitrogens with two attached hydrogens (primary N) is 1. The summed E-state index contributed by atoms with van der Waals surface area (Å²) in [7, 11) is 0. The Labute approximate surface area is 124 Å². The van der Waals surface area contributed by atoms with E-state index in [4.69, 9.17) is 5.73 Å². The number of carbonyl (C=O) groups excluding carboxylic acids is 2. The largest absolute Gasteiger partial charge is 0.326 e. The van der Waals surface area contributed by atoms with Crippen LogP contribution in [-0.4, -0.2) is 17.4 Å². The van der Waals surface area contributed by atoms with Crippen LogP contribution >= 0.6 is 12.4 Å². The third kappa shape index (κ3) is 3.95. The van der Waals surface area contributed by atoms with Gasteiger partial charge in [0.1, 0.15) is 0 Å². The van der Waals surface area contributed by atoms with E-state index in [0.29, 0.717) is 12.1 Å². The van der Waals surface area contributed by atoms with Gasteiger partial charge in [-0.1, -0.05) is 0 Å². The van der Waals surface area contributed by atoms with Gasteiger partial charge in [-0.3, -0.25) is 9.59 Å². The fourth-order valence-electron chi connectivity index (χ4n) is 1.94. The van der Waals surface area contributed by atoms with Crippen molar-refractivity contribution in [2.75, 3.05) is 10.6 Å². The van der Waals surface area contributed by atoms with E-state index >= 15 is 0 Å². The van der Waals surface area contributed by atoms with Crippen LogP contribution < -0.4 is 16.4 Å². The Morgan fingerprint density at radius 3 is 2.70 bits per heavy atom. The maximum absolute atomic E-state index is 11.8. The lowest BCUT2D eigenvalue weighted by atomic mass is 10.0. The highest BCUT2D eigenvalue weighted by atomic mass is 35.5. The van der Waals surface area contributed by atoms with Crippen molar-refractivity contribution in [1.29, 1.82) is 0 Å². The van der Waals surface area contributed by atoms with Gasteiger partial charge >= 0.3 is 0 Å². The third-order valence-electron chi connectivity index (χ3n) is 3.07. The minimum atomic E-state index is -0.916. The van der Waals surface area contributed by atoms with Crippen LogP contribution in [0, 0.1) is 0 Å². The Morgan fingerprint density at radius 1 is 1.35 bits per heavy atom. The van der Waals surface area contributed by atoms with Gasteiger partial charge in [-0.25, -0.2) is 0 Å². The number of carbonyl (C=O) groups is 2. The molecule has 1 aromatic rings. The number of fused-ring (bicyclic) bond motifs is 1. The second-order valence-corrected chi connectivity index (χ2v) is 5.45. The van der Waals surface area contributed by atoms with Crippen molar-refractivity contribution in [1.82, 2.24) is 0 Å². The maximum Gasteiger partial charge on any atom is 0.243 e. The molecule has 1 aliphatic heterocycles. The van der Waals surface area contributed by atoms with Crippen molar-refractivity contribution < 1.29 is 9.59 Å². The highest BCUT2D eigenvalue weighted by Gasteiger charge is 2.22. The van der Waals surface area contributed by atoms with Crippen LogP contribution in [0.2, 0.25) is 0 Å². The predicted octanol–water partition coefficient (Wildman–Crippen LogP) is 2.06. The van der Waals surface area contributed by atoms with Gasteiger partial charge in [0.05, 0.1) is 5.54 Å². The maximum atomic E-state index is 11.8. The second-order valence-electron chi connectivity index (χ2n) is 5.45. The molecule has 6 heteroatoms. The van der Waals surface area contributed by atoms with Crippen molar-refractivity contribution in [2.45, 2.75) is 38.6 Å². The molecule has 1 aliphatic rings. The Hall–Kier alpha value is -1.59. The van der Waals surface area contributed by atoms with Crippen LogP contribution in [0.4, 0.5) is 11.4 Å². The van der Waals surface area contributed by atoms with Gasteiger partial charge in [0.25, 0.3) is 0 Å². The lowest BCUT2D eigenvalue weighted by Crippen LogP contribution is -2.45. The first kappa shape index (κ1) is 16.5. The number of anilines is 2. The summed E-state index contributed by atoms with van der Waals surface area (Å²) in [5.74, 6) is -0.191. The summed E-state index contributed by atoms with van der Waals surface area (Å²) >= 11 is 0. The lowest BCUT2D eigenvalue weighted by molar-refractivity contribution is -0.120. The predicted molar refractivity (Wildman–Crippen MR) is 82.2 cm³/mol. The topological polar surface area (TPSA) is 84.2 Å². The average Bonchev–Trinajstić information content (AvgIpc) is 2.48. The van der Waals surface area contributed by atoms with E-state index in [1.54, 1.807) is 19.9 Å².